The molecule has 0 fully saturated rings. The van der Waals surface area contributed by atoms with Crippen LogP contribution in [-0.2, 0) is 13.1 Å². The van der Waals surface area contributed by atoms with Gasteiger partial charge >= 0.3 is 0 Å². The Labute approximate surface area is 132 Å². The topological polar surface area (TPSA) is 8.81 Å². The van der Waals surface area contributed by atoms with E-state index in [9.17, 15) is 0 Å². The predicted octanol–water partition coefficient (Wildman–Crippen LogP) is 5.50. The predicted molar refractivity (Wildman–Crippen MR) is 91.4 cm³/mol. The van der Waals surface area contributed by atoms with E-state index in [0.29, 0.717) is 0 Å². The van der Waals surface area contributed by atoms with Gasteiger partial charge < -0.3 is 0 Å². The van der Waals surface area contributed by atoms with Crippen LogP contribution in [0.5, 0.6) is 0 Å². The quantitative estimate of drug-likeness (QED) is 0.316. The zero-order valence-corrected chi connectivity index (χ0v) is 14.5. The molecule has 1 rings (SSSR count). The smallest absolute Gasteiger partial charge is 0.237 e. The van der Waals surface area contributed by atoms with E-state index in [1.807, 2.05) is 0 Å². The third-order valence-electron chi connectivity index (χ3n) is 4.38. The van der Waals surface area contributed by atoms with Gasteiger partial charge in [0.1, 0.15) is 12.4 Å². The number of aryl methyl sites for hydroxylation is 2. The van der Waals surface area contributed by atoms with Gasteiger partial charge in [0.25, 0.3) is 0 Å². The second-order valence-electron chi connectivity index (χ2n) is 6.37. The van der Waals surface area contributed by atoms with Gasteiger partial charge in [-0.2, -0.15) is 0 Å². The van der Waals surface area contributed by atoms with Crippen molar-refractivity contribution in [3.05, 3.63) is 18.7 Å². The summed E-state index contributed by atoms with van der Waals surface area (Å²) in [4.78, 5) is 0. The van der Waals surface area contributed by atoms with E-state index in [2.05, 4.69) is 41.7 Å². The molecular weight excluding hydrogens is 256 g/mol. The lowest BCUT2D eigenvalue weighted by Crippen LogP contribution is -2.28. The summed E-state index contributed by atoms with van der Waals surface area (Å²) in [6.07, 6.45) is 23.7. The maximum absolute atomic E-state index is 2.32. The first kappa shape index (κ1) is 18.3. The Morgan fingerprint density at radius 3 is 1.71 bits per heavy atom. The molecule has 0 radical (unpaired) electrons. The average molecular weight is 294 g/mol. The van der Waals surface area contributed by atoms with Crippen LogP contribution < -0.4 is 4.57 Å². The molecule has 0 N–H and O–H groups in total. The van der Waals surface area contributed by atoms with Crippen LogP contribution in [0.1, 0.15) is 90.9 Å². The molecule has 0 aliphatic carbocycles. The molecule has 0 atom stereocenters. The Kier molecular flexibility index (Phi) is 11.2. The molecule has 2 heteroatoms. The standard InChI is InChI=1S/C19H37N2/c1-3-5-6-7-8-9-10-11-12-13-14-15-16-21-18-17-20(4-2)19-21/h17-19H,3-16H2,1-2H3/q+1. The number of aromatic nitrogens is 2. The number of imidazole rings is 1. The number of hydrogen-bond donors (Lipinski definition) is 0. The first-order chi connectivity index (χ1) is 10.4. The number of unbranched alkanes of at least 4 members (excludes halogenated alkanes) is 11. The van der Waals surface area contributed by atoms with E-state index < -0.39 is 0 Å². The molecule has 0 amide bonds. The zero-order valence-electron chi connectivity index (χ0n) is 14.5. The van der Waals surface area contributed by atoms with E-state index in [1.54, 1.807) is 0 Å². The third kappa shape index (κ3) is 9.71. The third-order valence-corrected chi connectivity index (χ3v) is 4.38. The molecule has 1 aromatic heterocycles. The van der Waals surface area contributed by atoms with Gasteiger partial charge in [-0.1, -0.05) is 71.1 Å². The molecule has 2 nitrogen and oxygen atoms in total. The number of hydrogen-bond acceptors (Lipinski definition) is 0. The Bertz CT molecular complexity index is 330. The lowest BCUT2D eigenvalue weighted by Gasteiger charge is -2.02. The summed E-state index contributed by atoms with van der Waals surface area (Å²) in [6, 6.07) is 0. The maximum Gasteiger partial charge on any atom is 0.243 e. The van der Waals surface area contributed by atoms with Crippen LogP contribution in [0.25, 0.3) is 0 Å². The molecule has 1 aromatic rings. The fraction of sp³-hybridized carbons (Fsp3) is 0.842. The van der Waals surface area contributed by atoms with Crippen molar-refractivity contribution < 1.29 is 4.57 Å². The Hall–Kier alpha value is -0.790. The van der Waals surface area contributed by atoms with Crippen molar-refractivity contribution >= 4 is 0 Å². The molecule has 0 aliphatic rings. The fourth-order valence-corrected chi connectivity index (χ4v) is 2.89. The minimum absolute atomic E-state index is 1.07. The highest BCUT2D eigenvalue weighted by Crippen LogP contribution is 2.12. The van der Waals surface area contributed by atoms with E-state index in [0.717, 1.165) is 6.54 Å². The molecule has 1 heterocycles. The fourth-order valence-electron chi connectivity index (χ4n) is 2.89. The van der Waals surface area contributed by atoms with Gasteiger partial charge in [0.05, 0.1) is 13.1 Å². The summed E-state index contributed by atoms with van der Waals surface area (Å²) >= 11 is 0. The van der Waals surface area contributed by atoms with E-state index in [4.69, 9.17) is 0 Å². The Morgan fingerprint density at radius 2 is 1.24 bits per heavy atom. The highest BCUT2D eigenvalue weighted by atomic mass is 15.1. The van der Waals surface area contributed by atoms with Crippen molar-refractivity contribution in [2.45, 2.75) is 104 Å². The molecule has 0 aliphatic heterocycles. The van der Waals surface area contributed by atoms with Gasteiger partial charge in [0, 0.05) is 0 Å². The molecule has 0 unspecified atom stereocenters. The number of nitrogens with zero attached hydrogens (tertiary/aromatic N) is 2. The van der Waals surface area contributed by atoms with Crippen molar-refractivity contribution in [2.24, 2.45) is 0 Å². The second-order valence-corrected chi connectivity index (χ2v) is 6.37. The second kappa shape index (κ2) is 12.9. The summed E-state index contributed by atoms with van der Waals surface area (Å²) in [5, 5.41) is 0. The van der Waals surface area contributed by atoms with Crippen molar-refractivity contribution in [3.8, 4) is 0 Å². The molecule has 0 bridgehead atoms. The Balaban J connectivity index is 1.80. The van der Waals surface area contributed by atoms with Gasteiger partial charge in [-0.05, 0) is 19.8 Å². The minimum atomic E-state index is 1.07. The summed E-state index contributed by atoms with van der Waals surface area (Å²) in [7, 11) is 0. The average Bonchev–Trinajstić information content (AvgIpc) is 2.96. The number of rotatable bonds is 14. The lowest BCUT2D eigenvalue weighted by molar-refractivity contribution is -0.693. The van der Waals surface area contributed by atoms with E-state index >= 15 is 0 Å². The minimum Gasteiger partial charge on any atom is -0.237 e. The van der Waals surface area contributed by atoms with Crippen LogP contribution in [0.2, 0.25) is 0 Å². The summed E-state index contributed by atoms with van der Waals surface area (Å²) < 4.78 is 4.56. The first-order valence-corrected chi connectivity index (χ1v) is 9.41. The van der Waals surface area contributed by atoms with Crippen molar-refractivity contribution in [3.63, 3.8) is 0 Å². The monoisotopic (exact) mass is 293 g/mol. The molecule has 122 valence electrons. The molecule has 0 spiro atoms. The maximum atomic E-state index is 2.32. The van der Waals surface area contributed by atoms with E-state index in [1.165, 1.54) is 83.6 Å². The van der Waals surface area contributed by atoms with Crippen LogP contribution in [0.4, 0.5) is 0 Å². The molecule has 0 saturated carbocycles. The van der Waals surface area contributed by atoms with Gasteiger partial charge in [0.2, 0.25) is 6.33 Å². The van der Waals surface area contributed by atoms with Crippen LogP contribution in [0, 0.1) is 0 Å². The summed E-state index contributed by atoms with van der Waals surface area (Å²) in [6.45, 7) is 6.74. The SMILES string of the molecule is CCCCCCCCCCCCCCn1cc[n+](CC)c1. The van der Waals surface area contributed by atoms with Crippen LogP contribution in [0.3, 0.4) is 0 Å². The summed E-state index contributed by atoms with van der Waals surface area (Å²) in [5.74, 6) is 0. The summed E-state index contributed by atoms with van der Waals surface area (Å²) in [5.41, 5.74) is 0. The van der Waals surface area contributed by atoms with Gasteiger partial charge in [-0.3, -0.25) is 0 Å². The van der Waals surface area contributed by atoms with Crippen LogP contribution >= 0.6 is 0 Å². The normalized spacial score (nSPS) is 11.1. The highest BCUT2D eigenvalue weighted by molar-refractivity contribution is 4.65. The first-order valence-electron chi connectivity index (χ1n) is 9.41. The van der Waals surface area contributed by atoms with Gasteiger partial charge in [0.15, 0.2) is 0 Å². The largest absolute Gasteiger partial charge is 0.243 e. The van der Waals surface area contributed by atoms with Crippen LogP contribution in [-0.4, -0.2) is 4.57 Å². The molecule has 21 heavy (non-hydrogen) atoms. The van der Waals surface area contributed by atoms with Crippen molar-refractivity contribution in [1.82, 2.24) is 4.57 Å². The van der Waals surface area contributed by atoms with Crippen LogP contribution in [0.15, 0.2) is 18.7 Å². The zero-order chi connectivity index (χ0) is 15.2. The lowest BCUT2D eigenvalue weighted by atomic mass is 10.1. The highest BCUT2D eigenvalue weighted by Gasteiger charge is 2.00. The van der Waals surface area contributed by atoms with Crippen molar-refractivity contribution in [2.75, 3.05) is 0 Å². The molecular formula is C19H37N2+. The van der Waals surface area contributed by atoms with Gasteiger partial charge in [-0.15, -0.1) is 0 Å². The Morgan fingerprint density at radius 1 is 0.714 bits per heavy atom. The van der Waals surface area contributed by atoms with Crippen molar-refractivity contribution in [1.29, 1.82) is 0 Å². The van der Waals surface area contributed by atoms with Gasteiger partial charge in [-0.25, -0.2) is 9.13 Å². The molecule has 0 aromatic carbocycles. The molecule has 0 saturated heterocycles. The van der Waals surface area contributed by atoms with E-state index in [-0.39, 0.29) is 0 Å².